The molecule has 35 heavy (non-hydrogen) atoms. The predicted octanol–water partition coefficient (Wildman–Crippen LogP) is -4.15. The Morgan fingerprint density at radius 1 is 1.17 bits per heavy atom. The molecule has 2 saturated heterocycles. The summed E-state index contributed by atoms with van der Waals surface area (Å²) in [7, 11) is 0. The van der Waals surface area contributed by atoms with Crippen LogP contribution in [-0.2, 0) is 9.47 Å². The number of aliphatic hydroxyl groups is 2. The van der Waals surface area contributed by atoms with E-state index in [1.54, 1.807) is 11.5 Å². The van der Waals surface area contributed by atoms with Crippen molar-refractivity contribution >= 4 is 5.96 Å². The molecule has 0 amide bonds. The highest BCUT2D eigenvalue weighted by Crippen LogP contribution is 2.27. The Balaban J connectivity index is 1.46. The van der Waals surface area contributed by atoms with Crippen molar-refractivity contribution in [2.75, 3.05) is 26.2 Å². The summed E-state index contributed by atoms with van der Waals surface area (Å²) in [6.07, 6.45) is -1.02. The summed E-state index contributed by atoms with van der Waals surface area (Å²) in [4.78, 5) is 51.6. The van der Waals surface area contributed by atoms with Crippen LogP contribution in [0, 0.1) is 6.92 Å². The summed E-state index contributed by atoms with van der Waals surface area (Å²) in [5, 5.41) is 23.1. The van der Waals surface area contributed by atoms with Gasteiger partial charge in [0, 0.05) is 30.4 Å². The minimum atomic E-state index is -0.901. The van der Waals surface area contributed by atoms with Crippen molar-refractivity contribution in [2.45, 2.75) is 44.1 Å². The lowest BCUT2D eigenvalue weighted by Crippen LogP contribution is -2.53. The van der Waals surface area contributed by atoms with Gasteiger partial charge >= 0.3 is 17.3 Å². The third kappa shape index (κ3) is 5.27. The molecule has 5 atom stereocenters. The molecule has 2 aliphatic rings. The fourth-order valence-electron chi connectivity index (χ4n) is 4.11. The van der Waals surface area contributed by atoms with Crippen LogP contribution in [0.4, 0.5) is 0 Å². The maximum atomic E-state index is 12.2. The first-order chi connectivity index (χ1) is 16.7. The van der Waals surface area contributed by atoms with Gasteiger partial charge in [0.1, 0.15) is 25.0 Å². The van der Waals surface area contributed by atoms with E-state index in [1.807, 2.05) is 0 Å². The Morgan fingerprint density at radius 2 is 1.91 bits per heavy atom. The minimum Gasteiger partial charge on any atom is -0.394 e. The highest BCUT2D eigenvalue weighted by Gasteiger charge is 2.37. The van der Waals surface area contributed by atoms with Crippen molar-refractivity contribution in [2.24, 2.45) is 5.73 Å². The summed E-state index contributed by atoms with van der Waals surface area (Å²) >= 11 is 0. The van der Waals surface area contributed by atoms with Gasteiger partial charge in [-0.1, -0.05) is 0 Å². The van der Waals surface area contributed by atoms with Crippen molar-refractivity contribution < 1.29 is 24.3 Å². The van der Waals surface area contributed by atoms with Crippen LogP contribution in [0.1, 0.15) is 24.4 Å². The van der Waals surface area contributed by atoms with Gasteiger partial charge in [-0.2, -0.15) is 0 Å². The van der Waals surface area contributed by atoms with E-state index in [0.29, 0.717) is 5.56 Å². The molecular weight excluding hydrogens is 466 g/mol. The third-order valence-electron chi connectivity index (χ3n) is 6.00. The number of guanidine groups is 1. The molecule has 0 saturated carbocycles. The van der Waals surface area contributed by atoms with Crippen LogP contribution in [0.15, 0.2) is 37.6 Å². The number of hydrogen-bond acceptors (Lipinski definition) is 8. The molecule has 2 aromatic rings. The van der Waals surface area contributed by atoms with Gasteiger partial charge in [0.15, 0.2) is 6.23 Å². The molecule has 0 spiro atoms. The molecule has 7 N–H and O–H groups in total. The second kappa shape index (κ2) is 9.99. The lowest BCUT2D eigenvalue weighted by molar-refractivity contribution is -0.578. The molecule has 2 fully saturated rings. The summed E-state index contributed by atoms with van der Waals surface area (Å²) in [6, 6.07) is 1.19. The number of H-pyrrole nitrogens is 2. The van der Waals surface area contributed by atoms with Crippen LogP contribution >= 0.6 is 0 Å². The molecular formula is C20H28N7O8+. The molecule has 15 nitrogen and oxygen atoms in total. The van der Waals surface area contributed by atoms with Crippen molar-refractivity contribution in [1.82, 2.24) is 24.4 Å². The lowest BCUT2D eigenvalue weighted by atomic mass is 10.2. The Kier molecular flexibility index (Phi) is 7.02. The summed E-state index contributed by atoms with van der Waals surface area (Å²) in [5.74, 6) is 0.200. The van der Waals surface area contributed by atoms with Gasteiger partial charge in [0.05, 0.1) is 25.8 Å². The number of hydrogen-bond donors (Lipinski definition) is 6. The van der Waals surface area contributed by atoms with Gasteiger partial charge < -0.3 is 19.7 Å². The molecule has 4 rings (SSSR count). The van der Waals surface area contributed by atoms with Gasteiger partial charge in [-0.15, -0.1) is 0 Å². The van der Waals surface area contributed by atoms with E-state index in [-0.39, 0.29) is 38.6 Å². The first-order valence-electron chi connectivity index (χ1n) is 11.0. The molecule has 0 aliphatic carbocycles. The standard InChI is InChI=1S/C20H27N7O8/c1-10-6-27(20(33)24-17(10)31)15-4-12(29)13(35-15)5-22-18(21)25-7-11(9-28)34-16(8-25)26-3-2-14(30)23-19(26)32/h2-3,6,11-13,15-16,28-29H,4-5,7-9H2,1H3,(H4,21,22,23,24,30,31,32,33)/p+1/t11?,12-,13+,15+,16?/m0/s1. The molecule has 15 heteroatoms. The zero-order valence-corrected chi connectivity index (χ0v) is 18.9. The molecule has 4 heterocycles. The SMILES string of the molecule is Cc1cn([C@H]2C[C@H](O)[C@@H](CNC(N)=[N+]3CC(CO)OC(n4ccc(=O)[nH]c4=O)C3)O2)c(=O)[nH]c1=O. The number of aromatic nitrogens is 4. The number of aromatic amines is 2. The number of aryl methyl sites for hydroxylation is 1. The third-order valence-corrected chi connectivity index (χ3v) is 6.00. The number of nitrogens with one attached hydrogen (secondary N) is 3. The number of nitrogens with zero attached hydrogens (tertiary/aromatic N) is 3. The number of morpholine rings is 1. The van der Waals surface area contributed by atoms with Gasteiger partial charge in [0.25, 0.3) is 11.1 Å². The van der Waals surface area contributed by atoms with Crippen LogP contribution < -0.4 is 33.5 Å². The first kappa shape index (κ1) is 24.6. The summed E-state index contributed by atoms with van der Waals surface area (Å²) in [5.41, 5.74) is 4.23. The van der Waals surface area contributed by atoms with Crippen LogP contribution in [0.25, 0.3) is 0 Å². The lowest BCUT2D eigenvalue weighted by Gasteiger charge is -2.31. The highest BCUT2D eigenvalue weighted by atomic mass is 16.5. The Bertz CT molecular complexity index is 1340. The van der Waals surface area contributed by atoms with E-state index in [4.69, 9.17) is 15.2 Å². The van der Waals surface area contributed by atoms with Crippen LogP contribution in [-0.4, -0.2) is 84.4 Å². The quantitative estimate of drug-likeness (QED) is 0.174. The second-order valence-corrected chi connectivity index (χ2v) is 8.49. The zero-order chi connectivity index (χ0) is 25.3. The normalized spacial score (nSPS) is 28.1. The maximum absolute atomic E-state index is 12.2. The Morgan fingerprint density at radius 3 is 2.63 bits per heavy atom. The fraction of sp³-hybridized carbons (Fsp3) is 0.550. The van der Waals surface area contributed by atoms with E-state index in [0.717, 1.165) is 0 Å². The molecule has 2 aliphatic heterocycles. The number of nitrogens with two attached hydrogens (primary N) is 1. The number of ether oxygens (including phenoxy) is 2. The van der Waals surface area contributed by atoms with Crippen molar-refractivity contribution in [3.05, 3.63) is 65.7 Å². The van der Waals surface area contributed by atoms with Crippen LogP contribution in [0.2, 0.25) is 0 Å². The number of rotatable bonds is 5. The minimum absolute atomic E-state index is 0.102. The monoisotopic (exact) mass is 494 g/mol. The largest absolute Gasteiger partial charge is 0.394 e. The van der Waals surface area contributed by atoms with Crippen LogP contribution in [0.3, 0.4) is 0 Å². The van der Waals surface area contributed by atoms with E-state index < -0.39 is 53.3 Å². The Labute approximate surface area is 197 Å². The van der Waals surface area contributed by atoms with Crippen molar-refractivity contribution in [3.63, 3.8) is 0 Å². The van der Waals surface area contributed by atoms with E-state index in [1.165, 1.54) is 27.6 Å². The summed E-state index contributed by atoms with van der Waals surface area (Å²) < 4.78 is 15.7. The van der Waals surface area contributed by atoms with E-state index >= 15 is 0 Å². The molecule has 190 valence electrons. The van der Waals surface area contributed by atoms with E-state index in [9.17, 15) is 29.4 Å². The highest BCUT2D eigenvalue weighted by molar-refractivity contribution is 5.72. The Hall–Kier alpha value is -3.53. The van der Waals surface area contributed by atoms with Gasteiger partial charge in [-0.3, -0.25) is 44.3 Å². The van der Waals surface area contributed by atoms with Gasteiger partial charge in [-0.25, -0.2) is 9.59 Å². The smallest absolute Gasteiger partial charge is 0.343 e. The van der Waals surface area contributed by atoms with Gasteiger partial charge in [-0.05, 0) is 6.92 Å². The molecule has 2 aromatic heterocycles. The molecule has 0 radical (unpaired) electrons. The maximum Gasteiger partial charge on any atom is 0.343 e. The average Bonchev–Trinajstić information content (AvgIpc) is 3.19. The summed E-state index contributed by atoms with van der Waals surface area (Å²) in [6.45, 7) is 1.71. The fourth-order valence-corrected chi connectivity index (χ4v) is 4.11. The molecule has 0 aromatic carbocycles. The topological polar surface area (TPSA) is 210 Å². The van der Waals surface area contributed by atoms with Gasteiger partial charge in [0.2, 0.25) is 0 Å². The zero-order valence-electron chi connectivity index (χ0n) is 18.9. The molecule has 0 bridgehead atoms. The first-order valence-corrected chi connectivity index (χ1v) is 11.0. The molecule has 2 unspecified atom stereocenters. The van der Waals surface area contributed by atoms with Crippen molar-refractivity contribution in [3.8, 4) is 0 Å². The van der Waals surface area contributed by atoms with E-state index in [2.05, 4.69) is 15.3 Å². The predicted molar refractivity (Wildman–Crippen MR) is 120 cm³/mol. The van der Waals surface area contributed by atoms with Crippen LogP contribution in [0.5, 0.6) is 0 Å². The van der Waals surface area contributed by atoms with Crippen molar-refractivity contribution in [1.29, 1.82) is 0 Å². The number of aliphatic hydroxyl groups excluding tert-OH is 2. The second-order valence-electron chi connectivity index (χ2n) is 8.49. The average molecular weight is 494 g/mol.